The summed E-state index contributed by atoms with van der Waals surface area (Å²) in [6.45, 7) is 0. The predicted octanol–water partition coefficient (Wildman–Crippen LogP) is 3.73. The molecular weight excluding hydrogens is 351 g/mol. The number of hydrogen-bond acceptors (Lipinski definition) is 2. The van der Waals surface area contributed by atoms with Crippen molar-refractivity contribution in [1.29, 1.82) is 0 Å². The molecule has 0 spiro atoms. The second-order valence-corrected chi connectivity index (χ2v) is 9.14. The van der Waals surface area contributed by atoms with Gasteiger partial charge in [-0.1, -0.05) is 0 Å². The topological polar surface area (TPSA) is 34.1 Å². The summed E-state index contributed by atoms with van der Waals surface area (Å²) in [4.78, 5) is 27.0. The van der Waals surface area contributed by atoms with Crippen LogP contribution in [0.3, 0.4) is 0 Å². The molecule has 5 radical (unpaired) electrons. The third kappa shape index (κ3) is 3.46. The van der Waals surface area contributed by atoms with Gasteiger partial charge in [0.25, 0.3) is 0 Å². The fourth-order valence-corrected chi connectivity index (χ4v) is 5.78. The van der Waals surface area contributed by atoms with Crippen LogP contribution in [0.15, 0.2) is 60.7 Å². The van der Waals surface area contributed by atoms with E-state index in [0.717, 1.165) is 9.63 Å². The number of carbonyl (C=O) groups excluding carboxylic acids is 2. The number of carbonyl (C=O) groups is 2. The molecule has 3 rings (SSSR count). The van der Waals surface area contributed by atoms with Crippen LogP contribution in [0.2, 0.25) is 5.82 Å². The molecule has 1 fully saturated rings. The fourth-order valence-electron chi connectivity index (χ4n) is 2.44. The molecule has 0 N–H and O–H groups in total. The molecule has 23 heavy (non-hydrogen) atoms. The zero-order valence-electron chi connectivity index (χ0n) is 12.7. The molecule has 0 saturated carbocycles. The van der Waals surface area contributed by atoms with E-state index < -0.39 is 13.9 Å². The van der Waals surface area contributed by atoms with Gasteiger partial charge in [-0.2, -0.15) is 0 Å². The Morgan fingerprint density at radius 1 is 0.696 bits per heavy atom. The summed E-state index contributed by atoms with van der Waals surface area (Å²) in [6.07, 6.45) is 5.54. The quantitative estimate of drug-likeness (QED) is 0.610. The Bertz CT molecular complexity index is 622. The minimum absolute atomic E-state index is 0.0285. The third-order valence-electron chi connectivity index (χ3n) is 3.67. The summed E-state index contributed by atoms with van der Waals surface area (Å²) in [5.74, 6) is 2.09. The minimum atomic E-state index is -1.63. The van der Waals surface area contributed by atoms with Crippen molar-refractivity contribution in [1.82, 2.24) is 0 Å². The Morgan fingerprint density at radius 3 is 1.48 bits per heavy atom. The van der Waals surface area contributed by atoms with Gasteiger partial charge in [0.2, 0.25) is 0 Å². The maximum absolute atomic E-state index is 12.7. The van der Waals surface area contributed by atoms with Gasteiger partial charge < -0.3 is 0 Å². The summed E-state index contributed by atoms with van der Waals surface area (Å²) in [5.41, 5.74) is 1.35. The van der Waals surface area contributed by atoms with E-state index in [1.54, 1.807) is 0 Å². The van der Waals surface area contributed by atoms with Crippen LogP contribution in [-0.2, 0) is 0 Å². The number of benzene rings is 2. The standard InChI is InChI=1S/C20H16O2Se/c1-23-17(19(21)15-9-4-2-5-10-15)13-8-14-18(23)20(22)16-11-6-3-7-12-16/h2-14H,1H3/q+1. The maximum atomic E-state index is 12.7. The molecule has 1 aliphatic heterocycles. The van der Waals surface area contributed by atoms with E-state index in [2.05, 4.69) is 0 Å². The first-order valence-electron chi connectivity index (χ1n) is 7.29. The summed E-state index contributed by atoms with van der Waals surface area (Å²) in [7, 11) is 0. The summed E-state index contributed by atoms with van der Waals surface area (Å²) in [5, 5.41) is 0. The van der Waals surface area contributed by atoms with Crippen LogP contribution in [0.25, 0.3) is 0 Å². The average Bonchev–Trinajstić information content (AvgIpc) is 2.62. The molecule has 113 valence electrons. The van der Waals surface area contributed by atoms with Crippen LogP contribution in [0, 0.1) is 28.9 Å². The first-order valence-corrected chi connectivity index (χ1v) is 10.7. The van der Waals surface area contributed by atoms with Gasteiger partial charge in [-0.3, -0.25) is 0 Å². The first kappa shape index (κ1) is 16.2. The van der Waals surface area contributed by atoms with E-state index in [1.165, 1.54) is 0 Å². The first-order chi connectivity index (χ1) is 11.2. The Balaban J connectivity index is 1.80. The molecule has 2 aromatic rings. The van der Waals surface area contributed by atoms with Gasteiger partial charge in [0.05, 0.1) is 0 Å². The molecule has 1 saturated heterocycles. The Hall–Kier alpha value is -1.70. The second kappa shape index (κ2) is 7.25. The average molecular weight is 367 g/mol. The third-order valence-corrected chi connectivity index (χ3v) is 7.79. The Kier molecular flexibility index (Phi) is 5.09. The van der Waals surface area contributed by atoms with Gasteiger partial charge in [-0.25, -0.2) is 0 Å². The molecular formula is C20H16O2Se+. The van der Waals surface area contributed by atoms with E-state index in [4.69, 9.17) is 0 Å². The van der Waals surface area contributed by atoms with Gasteiger partial charge in [0.15, 0.2) is 0 Å². The molecule has 0 aliphatic carbocycles. The summed E-state index contributed by atoms with van der Waals surface area (Å²) < 4.78 is 0. The summed E-state index contributed by atoms with van der Waals surface area (Å²) in [6, 6.07) is 18.5. The molecule has 3 heteroatoms. The van der Waals surface area contributed by atoms with E-state index >= 15 is 0 Å². The van der Waals surface area contributed by atoms with Crippen molar-refractivity contribution < 1.29 is 9.59 Å². The molecule has 0 bridgehead atoms. The number of rotatable bonds is 4. The van der Waals surface area contributed by atoms with Crippen molar-refractivity contribution in [3.63, 3.8) is 0 Å². The van der Waals surface area contributed by atoms with Crippen LogP contribution >= 0.6 is 0 Å². The molecule has 2 aromatic carbocycles. The molecule has 0 atom stereocenters. The van der Waals surface area contributed by atoms with Crippen LogP contribution in [-0.4, -0.2) is 25.5 Å². The van der Waals surface area contributed by atoms with Crippen LogP contribution in [0.4, 0.5) is 0 Å². The zero-order chi connectivity index (χ0) is 16.2. The SMILES string of the molecule is C[Se+]1[C](C(=O)c2ccccc2)[CH][CH][CH][C]1C(=O)c1ccccc1. The van der Waals surface area contributed by atoms with Crippen LogP contribution < -0.4 is 0 Å². The van der Waals surface area contributed by atoms with Crippen LogP contribution in [0.5, 0.6) is 0 Å². The molecule has 1 heterocycles. The van der Waals surface area contributed by atoms with Crippen LogP contribution in [0.1, 0.15) is 20.7 Å². The Morgan fingerprint density at radius 2 is 1.09 bits per heavy atom. The predicted molar refractivity (Wildman–Crippen MR) is 92.5 cm³/mol. The van der Waals surface area contributed by atoms with Gasteiger partial charge >= 0.3 is 142 Å². The molecule has 0 aromatic heterocycles. The van der Waals surface area contributed by atoms with E-state index in [0.29, 0.717) is 11.1 Å². The van der Waals surface area contributed by atoms with Crippen molar-refractivity contribution in [2.75, 3.05) is 0 Å². The monoisotopic (exact) mass is 368 g/mol. The molecule has 1 aliphatic rings. The van der Waals surface area contributed by atoms with Crippen molar-refractivity contribution in [3.05, 3.63) is 101 Å². The van der Waals surface area contributed by atoms with E-state index in [1.807, 2.05) is 85.7 Å². The van der Waals surface area contributed by atoms with Crippen molar-refractivity contribution in [2.24, 2.45) is 0 Å². The van der Waals surface area contributed by atoms with E-state index in [-0.39, 0.29) is 11.6 Å². The number of hydrogen-bond donors (Lipinski definition) is 0. The second-order valence-electron chi connectivity index (χ2n) is 5.15. The molecule has 2 nitrogen and oxygen atoms in total. The zero-order valence-corrected chi connectivity index (χ0v) is 14.4. The van der Waals surface area contributed by atoms with Gasteiger partial charge in [0, 0.05) is 0 Å². The molecule has 0 unspecified atom stereocenters. The number of Topliss-reactive ketones (excluding diaryl/α,β-unsaturated/α-hetero) is 2. The summed E-state index contributed by atoms with van der Waals surface area (Å²) >= 11 is -1.63. The number of ketones is 2. The van der Waals surface area contributed by atoms with Crippen molar-refractivity contribution >= 4 is 25.5 Å². The van der Waals surface area contributed by atoms with Gasteiger partial charge in [-0.05, 0) is 0 Å². The van der Waals surface area contributed by atoms with Gasteiger partial charge in [0.1, 0.15) is 0 Å². The van der Waals surface area contributed by atoms with Gasteiger partial charge in [-0.15, -0.1) is 0 Å². The Labute approximate surface area is 141 Å². The van der Waals surface area contributed by atoms with E-state index in [9.17, 15) is 9.59 Å². The molecule has 0 amide bonds. The normalized spacial score (nSPS) is 17.1. The fraction of sp³-hybridized carbons (Fsp3) is 0.0500. The van der Waals surface area contributed by atoms with Crippen molar-refractivity contribution in [2.45, 2.75) is 5.82 Å². The van der Waals surface area contributed by atoms with Crippen molar-refractivity contribution in [3.8, 4) is 0 Å².